The van der Waals surface area contributed by atoms with Crippen LogP contribution in [0.3, 0.4) is 0 Å². The standard InChI is InChI=1S/C17H16N2O6S/c1-24-12-7-8-14(15(9-12)19(22)23)18-16(20)10-25-17(21)11-26-13-5-3-2-4-6-13/h2-9H,10-11H2,1H3,(H,18,20). The number of benzene rings is 2. The lowest BCUT2D eigenvalue weighted by atomic mass is 10.2. The van der Waals surface area contributed by atoms with Gasteiger partial charge in [-0.3, -0.25) is 19.7 Å². The Bertz CT molecular complexity index is 797. The smallest absolute Gasteiger partial charge is 0.316 e. The van der Waals surface area contributed by atoms with E-state index in [1.807, 2.05) is 30.3 Å². The monoisotopic (exact) mass is 376 g/mol. The Labute approximate surface area is 153 Å². The lowest BCUT2D eigenvalue weighted by Gasteiger charge is -2.08. The van der Waals surface area contributed by atoms with Crippen molar-refractivity contribution in [1.82, 2.24) is 0 Å². The molecule has 0 aliphatic carbocycles. The molecule has 0 atom stereocenters. The summed E-state index contributed by atoms with van der Waals surface area (Å²) >= 11 is 1.29. The normalized spacial score (nSPS) is 10.0. The molecule has 0 unspecified atom stereocenters. The summed E-state index contributed by atoms with van der Waals surface area (Å²) in [5, 5.41) is 13.4. The van der Waals surface area contributed by atoms with Gasteiger partial charge in [0.1, 0.15) is 11.4 Å². The third-order valence-electron chi connectivity index (χ3n) is 3.14. The fraction of sp³-hybridized carbons (Fsp3) is 0.176. The van der Waals surface area contributed by atoms with Crippen molar-refractivity contribution in [2.24, 2.45) is 0 Å². The van der Waals surface area contributed by atoms with Gasteiger partial charge in [0.05, 0.1) is 23.9 Å². The number of hydrogen-bond acceptors (Lipinski definition) is 7. The van der Waals surface area contributed by atoms with Crippen molar-refractivity contribution in [3.63, 3.8) is 0 Å². The zero-order valence-electron chi connectivity index (χ0n) is 13.8. The maximum absolute atomic E-state index is 11.9. The van der Waals surface area contributed by atoms with E-state index in [4.69, 9.17) is 9.47 Å². The molecule has 136 valence electrons. The van der Waals surface area contributed by atoms with Gasteiger partial charge in [0.25, 0.3) is 11.6 Å². The molecular weight excluding hydrogens is 360 g/mol. The van der Waals surface area contributed by atoms with Gasteiger partial charge >= 0.3 is 5.97 Å². The van der Waals surface area contributed by atoms with Gasteiger partial charge in [-0.1, -0.05) is 18.2 Å². The highest BCUT2D eigenvalue weighted by atomic mass is 32.2. The van der Waals surface area contributed by atoms with Crippen LogP contribution in [0, 0.1) is 10.1 Å². The first kappa shape index (κ1) is 19.3. The van der Waals surface area contributed by atoms with E-state index < -0.39 is 23.4 Å². The van der Waals surface area contributed by atoms with Crippen molar-refractivity contribution < 1.29 is 24.0 Å². The molecule has 1 amide bonds. The summed E-state index contributed by atoms with van der Waals surface area (Å²) in [6, 6.07) is 13.3. The van der Waals surface area contributed by atoms with Crippen LogP contribution < -0.4 is 10.1 Å². The maximum Gasteiger partial charge on any atom is 0.316 e. The molecule has 0 spiro atoms. The highest BCUT2D eigenvalue weighted by Gasteiger charge is 2.18. The van der Waals surface area contributed by atoms with Gasteiger partial charge in [-0.2, -0.15) is 0 Å². The molecule has 2 aromatic carbocycles. The molecule has 0 fully saturated rings. The number of rotatable bonds is 8. The molecule has 26 heavy (non-hydrogen) atoms. The van der Waals surface area contributed by atoms with Crippen molar-refractivity contribution >= 4 is 35.0 Å². The molecule has 2 aromatic rings. The van der Waals surface area contributed by atoms with Crippen molar-refractivity contribution in [2.45, 2.75) is 4.90 Å². The summed E-state index contributed by atoms with van der Waals surface area (Å²) in [7, 11) is 1.38. The van der Waals surface area contributed by atoms with Crippen LogP contribution in [0.1, 0.15) is 0 Å². The van der Waals surface area contributed by atoms with Crippen LogP contribution in [0.15, 0.2) is 53.4 Å². The van der Waals surface area contributed by atoms with Gasteiger partial charge in [-0.25, -0.2) is 0 Å². The minimum atomic E-state index is -0.670. The highest BCUT2D eigenvalue weighted by Crippen LogP contribution is 2.28. The summed E-state index contributed by atoms with van der Waals surface area (Å²) in [6.07, 6.45) is 0. The number of methoxy groups -OCH3 is 1. The summed E-state index contributed by atoms with van der Waals surface area (Å²) in [6.45, 7) is -0.530. The molecule has 0 heterocycles. The Morgan fingerprint density at radius 3 is 2.58 bits per heavy atom. The number of carbonyl (C=O) groups excluding carboxylic acids is 2. The molecule has 1 N–H and O–H groups in total. The van der Waals surface area contributed by atoms with Gasteiger partial charge in [-0.05, 0) is 24.3 Å². The highest BCUT2D eigenvalue weighted by molar-refractivity contribution is 8.00. The van der Waals surface area contributed by atoms with Crippen molar-refractivity contribution in [1.29, 1.82) is 0 Å². The Kier molecular flexibility index (Phi) is 6.98. The number of thioether (sulfide) groups is 1. The molecule has 0 aromatic heterocycles. The molecule has 0 aliphatic heterocycles. The van der Waals surface area contributed by atoms with E-state index in [0.717, 1.165) is 4.90 Å². The zero-order valence-corrected chi connectivity index (χ0v) is 14.7. The second-order valence-corrected chi connectivity index (χ2v) is 6.00. The number of hydrogen-bond donors (Lipinski definition) is 1. The van der Waals surface area contributed by atoms with Gasteiger partial charge in [0.2, 0.25) is 0 Å². The third kappa shape index (κ3) is 5.78. The van der Waals surface area contributed by atoms with Gasteiger partial charge in [0, 0.05) is 4.90 Å². The van der Waals surface area contributed by atoms with E-state index in [1.165, 1.54) is 37.1 Å². The number of nitro groups is 1. The van der Waals surface area contributed by atoms with E-state index in [1.54, 1.807) is 0 Å². The number of esters is 1. The maximum atomic E-state index is 11.9. The largest absolute Gasteiger partial charge is 0.496 e. The van der Waals surface area contributed by atoms with Crippen LogP contribution in [-0.4, -0.2) is 36.3 Å². The molecule has 8 nitrogen and oxygen atoms in total. The molecule has 0 saturated heterocycles. The molecule has 9 heteroatoms. The van der Waals surface area contributed by atoms with Crippen LogP contribution >= 0.6 is 11.8 Å². The summed E-state index contributed by atoms with van der Waals surface area (Å²) in [5.74, 6) is -0.881. The van der Waals surface area contributed by atoms with E-state index in [9.17, 15) is 19.7 Å². The number of nitrogens with one attached hydrogen (secondary N) is 1. The van der Waals surface area contributed by atoms with Crippen LogP contribution in [-0.2, 0) is 14.3 Å². The molecule has 0 bridgehead atoms. The first-order valence-electron chi connectivity index (χ1n) is 7.45. The lowest BCUT2D eigenvalue weighted by Crippen LogP contribution is -2.22. The molecule has 0 saturated carbocycles. The van der Waals surface area contributed by atoms with Crippen molar-refractivity contribution in [2.75, 3.05) is 24.8 Å². The number of ether oxygens (including phenoxy) is 2. The number of nitrogens with zero attached hydrogens (tertiary/aromatic N) is 1. The lowest BCUT2D eigenvalue weighted by molar-refractivity contribution is -0.384. The van der Waals surface area contributed by atoms with Gasteiger partial charge < -0.3 is 14.8 Å². The average Bonchev–Trinajstić information content (AvgIpc) is 2.65. The first-order valence-corrected chi connectivity index (χ1v) is 8.44. The van der Waals surface area contributed by atoms with Crippen LogP contribution in [0.5, 0.6) is 5.75 Å². The summed E-state index contributed by atoms with van der Waals surface area (Å²) < 4.78 is 9.80. The number of carbonyl (C=O) groups is 2. The van der Waals surface area contributed by atoms with E-state index in [2.05, 4.69) is 5.32 Å². The van der Waals surface area contributed by atoms with Crippen molar-refractivity contribution in [3.8, 4) is 5.75 Å². The van der Waals surface area contributed by atoms with Gasteiger partial charge in [0.15, 0.2) is 6.61 Å². The predicted molar refractivity (Wildman–Crippen MR) is 96.4 cm³/mol. The second-order valence-electron chi connectivity index (χ2n) is 4.95. The molecular formula is C17H16N2O6S. The SMILES string of the molecule is COc1ccc(NC(=O)COC(=O)CSc2ccccc2)c([N+](=O)[O-])c1. The zero-order chi connectivity index (χ0) is 18.9. The minimum Gasteiger partial charge on any atom is -0.496 e. The fourth-order valence-electron chi connectivity index (χ4n) is 1.93. The Morgan fingerprint density at radius 1 is 1.19 bits per heavy atom. The van der Waals surface area contributed by atoms with E-state index >= 15 is 0 Å². The molecule has 0 radical (unpaired) electrons. The number of anilines is 1. The predicted octanol–water partition coefficient (Wildman–Crippen LogP) is 2.88. The van der Waals surface area contributed by atoms with Crippen LogP contribution in [0.2, 0.25) is 0 Å². The van der Waals surface area contributed by atoms with Crippen LogP contribution in [0.4, 0.5) is 11.4 Å². The Balaban J connectivity index is 1.85. The summed E-state index contributed by atoms with van der Waals surface area (Å²) in [5.41, 5.74) is -0.320. The number of nitro benzene ring substituents is 1. The quantitative estimate of drug-likeness (QED) is 0.327. The Morgan fingerprint density at radius 2 is 1.92 bits per heavy atom. The van der Waals surface area contributed by atoms with Gasteiger partial charge in [-0.15, -0.1) is 11.8 Å². The number of amides is 1. The topological polar surface area (TPSA) is 108 Å². The van der Waals surface area contributed by atoms with Crippen molar-refractivity contribution in [3.05, 3.63) is 58.6 Å². The van der Waals surface area contributed by atoms with E-state index in [-0.39, 0.29) is 17.1 Å². The first-order chi connectivity index (χ1) is 12.5. The third-order valence-corrected chi connectivity index (χ3v) is 4.13. The average molecular weight is 376 g/mol. The second kappa shape index (κ2) is 9.42. The molecule has 2 rings (SSSR count). The summed E-state index contributed by atoms with van der Waals surface area (Å²) in [4.78, 5) is 34.9. The van der Waals surface area contributed by atoms with E-state index in [0.29, 0.717) is 5.75 Å². The molecule has 0 aliphatic rings. The Hall–Kier alpha value is -3.07. The minimum absolute atomic E-state index is 0.00416. The fourth-order valence-corrected chi connectivity index (χ4v) is 2.65. The van der Waals surface area contributed by atoms with Crippen LogP contribution in [0.25, 0.3) is 0 Å².